The molecule has 2 aliphatic heterocycles. The standard InChI is InChI=1S/C21H24BrN3O3/c22-18-3-1-2-16(12-18)6-7-23-21(26)25-10-8-24(9-11-25)14-17-4-5-19-20(13-17)28-15-27-19/h1-5,12-13H,6-11,14-15H2,(H,23,26). The van der Waals surface area contributed by atoms with Crippen molar-refractivity contribution in [2.24, 2.45) is 0 Å². The maximum absolute atomic E-state index is 12.4. The second kappa shape index (κ2) is 8.84. The summed E-state index contributed by atoms with van der Waals surface area (Å²) in [5.41, 5.74) is 2.42. The van der Waals surface area contributed by atoms with Gasteiger partial charge in [-0.2, -0.15) is 0 Å². The molecular formula is C21H24BrN3O3. The topological polar surface area (TPSA) is 54.0 Å². The minimum Gasteiger partial charge on any atom is -0.454 e. The van der Waals surface area contributed by atoms with Crippen LogP contribution >= 0.6 is 15.9 Å². The summed E-state index contributed by atoms with van der Waals surface area (Å²) in [6.45, 7) is 5.03. The van der Waals surface area contributed by atoms with E-state index in [1.54, 1.807) is 0 Å². The number of piperazine rings is 1. The summed E-state index contributed by atoms with van der Waals surface area (Å²) in [6.07, 6.45) is 0.829. The number of hydrogen-bond acceptors (Lipinski definition) is 4. The Morgan fingerprint density at radius 2 is 1.82 bits per heavy atom. The second-order valence-corrected chi connectivity index (χ2v) is 7.98. The van der Waals surface area contributed by atoms with Gasteiger partial charge in [0.15, 0.2) is 11.5 Å². The van der Waals surface area contributed by atoms with Gasteiger partial charge >= 0.3 is 6.03 Å². The Morgan fingerprint density at radius 1 is 1.00 bits per heavy atom. The predicted molar refractivity (Wildman–Crippen MR) is 111 cm³/mol. The molecule has 0 unspecified atom stereocenters. The summed E-state index contributed by atoms with van der Waals surface area (Å²) < 4.78 is 11.9. The maximum atomic E-state index is 12.4. The third-order valence-electron chi connectivity index (χ3n) is 5.08. The monoisotopic (exact) mass is 445 g/mol. The second-order valence-electron chi connectivity index (χ2n) is 7.06. The minimum absolute atomic E-state index is 0.0257. The molecule has 148 valence electrons. The first kappa shape index (κ1) is 19.1. The van der Waals surface area contributed by atoms with Crippen molar-refractivity contribution in [2.75, 3.05) is 39.5 Å². The Hall–Kier alpha value is -2.25. The first-order valence-corrected chi connectivity index (χ1v) is 10.3. The lowest BCUT2D eigenvalue weighted by atomic mass is 10.1. The van der Waals surface area contributed by atoms with Gasteiger partial charge in [-0.15, -0.1) is 0 Å². The lowest BCUT2D eigenvalue weighted by Crippen LogP contribution is -2.51. The van der Waals surface area contributed by atoms with Gasteiger partial charge in [0.25, 0.3) is 0 Å². The molecular weight excluding hydrogens is 422 g/mol. The Kier molecular flexibility index (Phi) is 6.02. The summed E-state index contributed by atoms with van der Waals surface area (Å²) in [4.78, 5) is 16.7. The largest absolute Gasteiger partial charge is 0.454 e. The first-order chi connectivity index (χ1) is 13.7. The van der Waals surface area contributed by atoms with Crippen LogP contribution in [0.1, 0.15) is 11.1 Å². The van der Waals surface area contributed by atoms with Crippen LogP contribution in [0.15, 0.2) is 46.9 Å². The first-order valence-electron chi connectivity index (χ1n) is 9.55. The lowest BCUT2D eigenvalue weighted by Gasteiger charge is -2.34. The number of benzene rings is 2. The SMILES string of the molecule is O=C(NCCc1cccc(Br)c1)N1CCN(Cc2ccc3c(c2)OCO3)CC1. The van der Waals surface area contributed by atoms with Gasteiger partial charge in [0.1, 0.15) is 0 Å². The van der Waals surface area contributed by atoms with Crippen LogP contribution in [0.3, 0.4) is 0 Å². The Bertz CT molecular complexity index is 837. The van der Waals surface area contributed by atoms with Gasteiger partial charge in [0.05, 0.1) is 0 Å². The van der Waals surface area contributed by atoms with E-state index >= 15 is 0 Å². The zero-order valence-electron chi connectivity index (χ0n) is 15.7. The molecule has 2 aliphatic rings. The fraction of sp³-hybridized carbons (Fsp3) is 0.381. The number of fused-ring (bicyclic) bond motifs is 1. The van der Waals surface area contributed by atoms with E-state index in [1.807, 2.05) is 29.2 Å². The Morgan fingerprint density at radius 3 is 2.64 bits per heavy atom. The fourth-order valence-corrected chi connectivity index (χ4v) is 3.97. The quantitative estimate of drug-likeness (QED) is 0.767. The molecule has 0 aliphatic carbocycles. The van der Waals surface area contributed by atoms with Crippen molar-refractivity contribution in [3.05, 3.63) is 58.1 Å². The molecule has 0 spiro atoms. The number of carbonyl (C=O) groups excluding carboxylic acids is 1. The van der Waals surface area contributed by atoms with Gasteiger partial charge < -0.3 is 19.7 Å². The van der Waals surface area contributed by atoms with E-state index in [0.717, 1.165) is 55.1 Å². The van der Waals surface area contributed by atoms with E-state index in [1.165, 1.54) is 11.1 Å². The molecule has 0 bridgehead atoms. The molecule has 2 heterocycles. The summed E-state index contributed by atoms with van der Waals surface area (Å²) in [7, 11) is 0. The van der Waals surface area contributed by atoms with Crippen molar-refractivity contribution >= 4 is 22.0 Å². The fourth-order valence-electron chi connectivity index (χ4n) is 3.52. The van der Waals surface area contributed by atoms with Gasteiger partial charge in [-0.1, -0.05) is 34.1 Å². The number of carbonyl (C=O) groups is 1. The van der Waals surface area contributed by atoms with Gasteiger partial charge in [0.2, 0.25) is 6.79 Å². The van der Waals surface area contributed by atoms with Crippen LogP contribution < -0.4 is 14.8 Å². The van der Waals surface area contributed by atoms with Gasteiger partial charge in [-0.05, 0) is 41.8 Å². The van der Waals surface area contributed by atoms with Crippen LogP contribution in [0.5, 0.6) is 11.5 Å². The zero-order valence-corrected chi connectivity index (χ0v) is 17.3. The maximum Gasteiger partial charge on any atom is 0.317 e. The van der Waals surface area contributed by atoms with E-state index < -0.39 is 0 Å². The highest BCUT2D eigenvalue weighted by molar-refractivity contribution is 9.10. The molecule has 0 radical (unpaired) electrons. The summed E-state index contributed by atoms with van der Waals surface area (Å²) in [5.74, 6) is 1.63. The molecule has 2 amide bonds. The number of amides is 2. The van der Waals surface area contributed by atoms with E-state index in [9.17, 15) is 4.79 Å². The van der Waals surface area contributed by atoms with Crippen LogP contribution in [0.25, 0.3) is 0 Å². The molecule has 4 rings (SSSR count). The molecule has 0 saturated carbocycles. The average molecular weight is 446 g/mol. The molecule has 7 heteroatoms. The van der Waals surface area contributed by atoms with Crippen molar-refractivity contribution < 1.29 is 14.3 Å². The number of urea groups is 1. The van der Waals surface area contributed by atoms with Gasteiger partial charge in [0, 0.05) is 43.7 Å². The summed E-state index contributed by atoms with van der Waals surface area (Å²) in [6, 6.07) is 14.3. The van der Waals surface area contributed by atoms with Gasteiger partial charge in [-0.3, -0.25) is 4.90 Å². The van der Waals surface area contributed by atoms with E-state index in [-0.39, 0.29) is 6.03 Å². The molecule has 2 aromatic rings. The highest BCUT2D eigenvalue weighted by Gasteiger charge is 2.21. The molecule has 1 N–H and O–H groups in total. The average Bonchev–Trinajstić information content (AvgIpc) is 3.16. The van der Waals surface area contributed by atoms with Crippen LogP contribution in [0.4, 0.5) is 4.79 Å². The van der Waals surface area contributed by atoms with Crippen molar-refractivity contribution in [3.8, 4) is 11.5 Å². The summed E-state index contributed by atoms with van der Waals surface area (Å²) >= 11 is 3.48. The third kappa shape index (κ3) is 4.77. The Balaban J connectivity index is 1.20. The Labute approximate surface area is 173 Å². The highest BCUT2D eigenvalue weighted by Crippen LogP contribution is 2.32. The molecule has 28 heavy (non-hydrogen) atoms. The van der Waals surface area contributed by atoms with Crippen LogP contribution in [0, 0.1) is 0 Å². The van der Waals surface area contributed by atoms with E-state index in [4.69, 9.17) is 9.47 Å². The molecule has 2 aromatic carbocycles. The minimum atomic E-state index is 0.0257. The summed E-state index contributed by atoms with van der Waals surface area (Å²) in [5, 5.41) is 3.04. The van der Waals surface area contributed by atoms with Crippen molar-refractivity contribution in [2.45, 2.75) is 13.0 Å². The lowest BCUT2D eigenvalue weighted by molar-refractivity contribution is 0.135. The van der Waals surface area contributed by atoms with Crippen LogP contribution in [-0.4, -0.2) is 55.3 Å². The van der Waals surface area contributed by atoms with E-state index in [2.05, 4.69) is 44.3 Å². The zero-order chi connectivity index (χ0) is 19.3. The predicted octanol–water partition coefficient (Wildman–Crippen LogP) is 3.25. The smallest absolute Gasteiger partial charge is 0.317 e. The molecule has 6 nitrogen and oxygen atoms in total. The van der Waals surface area contributed by atoms with Crippen molar-refractivity contribution in [3.63, 3.8) is 0 Å². The normalized spacial score (nSPS) is 16.2. The number of ether oxygens (including phenoxy) is 2. The van der Waals surface area contributed by atoms with Crippen molar-refractivity contribution in [1.82, 2.24) is 15.1 Å². The van der Waals surface area contributed by atoms with Crippen LogP contribution in [-0.2, 0) is 13.0 Å². The number of halogens is 1. The van der Waals surface area contributed by atoms with Gasteiger partial charge in [-0.25, -0.2) is 4.79 Å². The van der Waals surface area contributed by atoms with Crippen molar-refractivity contribution in [1.29, 1.82) is 0 Å². The highest BCUT2D eigenvalue weighted by atomic mass is 79.9. The number of nitrogens with zero attached hydrogens (tertiary/aromatic N) is 2. The molecule has 1 saturated heterocycles. The number of nitrogens with one attached hydrogen (secondary N) is 1. The molecule has 1 fully saturated rings. The third-order valence-corrected chi connectivity index (χ3v) is 5.57. The number of hydrogen-bond donors (Lipinski definition) is 1. The van der Waals surface area contributed by atoms with Crippen LogP contribution in [0.2, 0.25) is 0 Å². The van der Waals surface area contributed by atoms with E-state index in [0.29, 0.717) is 13.3 Å². The molecule has 0 atom stereocenters. The molecule has 0 aromatic heterocycles. The number of rotatable bonds is 5.